The van der Waals surface area contributed by atoms with Gasteiger partial charge < -0.3 is 40.9 Å². The molecule has 0 aliphatic heterocycles. The summed E-state index contributed by atoms with van der Waals surface area (Å²) in [6.07, 6.45) is -0.646. The first-order valence-electron chi connectivity index (χ1n) is 6.79. The lowest BCUT2D eigenvalue weighted by atomic mass is 9.88. The zero-order valence-electron chi connectivity index (χ0n) is 13.1. The minimum atomic E-state index is -1.83. The molecule has 0 aromatic rings. The minimum Gasteiger partial charge on any atom is -0.450 e. The summed E-state index contributed by atoms with van der Waals surface area (Å²) in [5.41, 5.74) is -1.33. The Labute approximate surface area is 130 Å². The van der Waals surface area contributed by atoms with Gasteiger partial charge in [-0.05, 0) is 12.8 Å². The summed E-state index contributed by atoms with van der Waals surface area (Å²) in [6.45, 7) is 2.71. The van der Waals surface area contributed by atoms with Gasteiger partial charge in [0, 0.05) is 10.8 Å². The molecular weight excluding hydrogens is 300 g/mol. The van der Waals surface area contributed by atoms with Crippen LogP contribution in [0.2, 0.25) is 0 Å². The Hall–Kier alpha value is -0.970. The molecule has 0 aromatic heterocycles. The van der Waals surface area contributed by atoms with Gasteiger partial charge >= 0.3 is 6.16 Å². The fourth-order valence-corrected chi connectivity index (χ4v) is 0.971. The molecule has 0 aromatic carbocycles. The number of hydrogen-bond donors (Lipinski definition) is 8. The van der Waals surface area contributed by atoms with E-state index in [1.54, 1.807) is 0 Å². The van der Waals surface area contributed by atoms with Gasteiger partial charge in [0.15, 0.2) is 0 Å². The summed E-state index contributed by atoms with van der Waals surface area (Å²) in [7, 11) is 0. The Morgan fingerprint density at radius 2 is 0.773 bits per heavy atom. The van der Waals surface area contributed by atoms with Crippen molar-refractivity contribution in [2.75, 3.05) is 39.6 Å². The van der Waals surface area contributed by atoms with Crippen molar-refractivity contribution in [3.8, 4) is 0 Å². The van der Waals surface area contributed by atoms with E-state index >= 15 is 0 Å². The average Bonchev–Trinajstić information content (AvgIpc) is 2.53. The topological polar surface area (TPSA) is 179 Å². The van der Waals surface area contributed by atoms with Crippen LogP contribution in [0, 0.1) is 10.8 Å². The quantitative estimate of drug-likeness (QED) is 0.275. The molecule has 0 atom stereocenters. The highest BCUT2D eigenvalue weighted by molar-refractivity contribution is 5.53. The van der Waals surface area contributed by atoms with Crippen LogP contribution < -0.4 is 0 Å². The molecule has 136 valence electrons. The summed E-state index contributed by atoms with van der Waals surface area (Å²) in [4.78, 5) is 8.56. The van der Waals surface area contributed by atoms with Gasteiger partial charge in [0.1, 0.15) is 0 Å². The number of aliphatic hydroxyl groups excluding tert-OH is 6. The van der Waals surface area contributed by atoms with Gasteiger partial charge in [-0.2, -0.15) is 0 Å². The van der Waals surface area contributed by atoms with Crippen LogP contribution in [0.1, 0.15) is 26.7 Å². The fourth-order valence-electron chi connectivity index (χ4n) is 0.971. The standard InChI is InChI=1S/2C6H14O3.CH2O3/c2*1-2-6(3-7,4-8)5-9;2-1(3)4/h2*7-9H,2-5H2,1H3;(H2,2,3,4). The van der Waals surface area contributed by atoms with Crippen molar-refractivity contribution < 1.29 is 45.6 Å². The number of aliphatic hydroxyl groups is 6. The minimum absolute atomic E-state index is 0.156. The van der Waals surface area contributed by atoms with Crippen molar-refractivity contribution in [2.45, 2.75) is 26.7 Å². The second-order valence-corrected chi connectivity index (χ2v) is 4.94. The van der Waals surface area contributed by atoms with Crippen LogP contribution in [-0.4, -0.2) is 86.6 Å². The van der Waals surface area contributed by atoms with Crippen molar-refractivity contribution in [3.05, 3.63) is 0 Å². The SMILES string of the molecule is CCC(CO)(CO)CO.CCC(CO)(CO)CO.O=C(O)O. The molecule has 0 heterocycles. The molecule has 0 rings (SSSR count). The Morgan fingerprint density at radius 1 is 0.636 bits per heavy atom. The van der Waals surface area contributed by atoms with Crippen LogP contribution in [0.5, 0.6) is 0 Å². The van der Waals surface area contributed by atoms with Crippen LogP contribution in [0.15, 0.2) is 0 Å². The lowest BCUT2D eigenvalue weighted by Gasteiger charge is -2.24. The van der Waals surface area contributed by atoms with E-state index in [9.17, 15) is 0 Å². The Bertz CT molecular complexity index is 191. The predicted octanol–water partition coefficient (Wildman–Crippen LogP) is -1.06. The van der Waals surface area contributed by atoms with Crippen molar-refractivity contribution in [2.24, 2.45) is 10.8 Å². The van der Waals surface area contributed by atoms with Crippen molar-refractivity contribution in [3.63, 3.8) is 0 Å². The third-order valence-corrected chi connectivity index (χ3v) is 3.51. The highest BCUT2D eigenvalue weighted by Gasteiger charge is 2.25. The van der Waals surface area contributed by atoms with Gasteiger partial charge in [0.2, 0.25) is 0 Å². The number of hydrogen-bond acceptors (Lipinski definition) is 7. The lowest BCUT2D eigenvalue weighted by molar-refractivity contribution is 0.00275. The molecule has 0 saturated heterocycles. The van der Waals surface area contributed by atoms with E-state index in [4.69, 9.17) is 45.6 Å². The molecule has 0 fully saturated rings. The molecular formula is C13H30O9. The van der Waals surface area contributed by atoms with E-state index < -0.39 is 17.0 Å². The molecule has 0 amide bonds. The smallest absolute Gasteiger partial charge is 0.450 e. The summed E-state index contributed by atoms with van der Waals surface area (Å²) < 4.78 is 0. The maximum absolute atomic E-state index is 8.66. The van der Waals surface area contributed by atoms with Crippen molar-refractivity contribution in [1.29, 1.82) is 0 Å². The highest BCUT2D eigenvalue weighted by Crippen LogP contribution is 2.18. The van der Waals surface area contributed by atoms with Crippen LogP contribution in [0.25, 0.3) is 0 Å². The van der Waals surface area contributed by atoms with E-state index in [2.05, 4.69) is 0 Å². The first-order valence-corrected chi connectivity index (χ1v) is 6.79. The van der Waals surface area contributed by atoms with E-state index in [0.29, 0.717) is 12.8 Å². The van der Waals surface area contributed by atoms with E-state index in [1.807, 2.05) is 13.8 Å². The summed E-state index contributed by atoms with van der Waals surface area (Å²) >= 11 is 0. The van der Waals surface area contributed by atoms with Crippen molar-refractivity contribution >= 4 is 6.16 Å². The van der Waals surface area contributed by atoms with Crippen LogP contribution >= 0.6 is 0 Å². The second kappa shape index (κ2) is 14.9. The fraction of sp³-hybridized carbons (Fsp3) is 0.923. The van der Waals surface area contributed by atoms with Crippen LogP contribution in [0.3, 0.4) is 0 Å². The number of carbonyl (C=O) groups is 1. The Kier molecular flexibility index (Phi) is 17.6. The largest absolute Gasteiger partial charge is 0.503 e. The van der Waals surface area contributed by atoms with Crippen molar-refractivity contribution in [1.82, 2.24) is 0 Å². The molecule has 0 bridgehead atoms. The third-order valence-electron chi connectivity index (χ3n) is 3.51. The van der Waals surface area contributed by atoms with E-state index in [1.165, 1.54) is 0 Å². The second-order valence-electron chi connectivity index (χ2n) is 4.94. The summed E-state index contributed by atoms with van der Waals surface area (Å²) in [6, 6.07) is 0. The molecule has 0 saturated carbocycles. The molecule has 22 heavy (non-hydrogen) atoms. The molecule has 0 aliphatic rings. The average molecular weight is 330 g/mol. The molecule has 0 aliphatic carbocycles. The molecule has 9 heteroatoms. The van der Waals surface area contributed by atoms with Gasteiger partial charge in [-0.15, -0.1) is 0 Å². The van der Waals surface area contributed by atoms with Crippen LogP contribution in [0.4, 0.5) is 4.79 Å². The first kappa shape index (κ1) is 26.0. The highest BCUT2D eigenvalue weighted by atomic mass is 16.6. The number of rotatable bonds is 8. The van der Waals surface area contributed by atoms with E-state index in [-0.39, 0.29) is 39.6 Å². The molecule has 8 N–H and O–H groups in total. The maximum Gasteiger partial charge on any atom is 0.503 e. The van der Waals surface area contributed by atoms with Crippen LogP contribution in [-0.2, 0) is 0 Å². The zero-order chi connectivity index (χ0) is 18.2. The molecule has 0 radical (unpaired) electrons. The normalized spacial score (nSPS) is 10.9. The Morgan fingerprint density at radius 3 is 0.773 bits per heavy atom. The van der Waals surface area contributed by atoms with Gasteiger partial charge in [0.05, 0.1) is 39.6 Å². The van der Waals surface area contributed by atoms with Gasteiger partial charge in [-0.1, -0.05) is 13.8 Å². The molecule has 9 nitrogen and oxygen atoms in total. The van der Waals surface area contributed by atoms with Gasteiger partial charge in [0.25, 0.3) is 0 Å². The monoisotopic (exact) mass is 330 g/mol. The molecule has 0 spiro atoms. The zero-order valence-corrected chi connectivity index (χ0v) is 13.1. The van der Waals surface area contributed by atoms with E-state index in [0.717, 1.165) is 0 Å². The Balaban J connectivity index is -0.000000266. The molecule has 0 unspecified atom stereocenters. The number of carboxylic acid groups (broad SMARTS) is 2. The first-order chi connectivity index (χ1) is 10.2. The van der Waals surface area contributed by atoms with Gasteiger partial charge in [-0.3, -0.25) is 0 Å². The lowest BCUT2D eigenvalue weighted by Crippen LogP contribution is -2.32. The maximum atomic E-state index is 8.66. The summed E-state index contributed by atoms with van der Waals surface area (Å²) in [5, 5.41) is 65.9. The van der Waals surface area contributed by atoms with Gasteiger partial charge in [-0.25, -0.2) is 4.79 Å². The predicted molar refractivity (Wildman–Crippen MR) is 78.6 cm³/mol. The third kappa shape index (κ3) is 11.7. The summed E-state index contributed by atoms with van der Waals surface area (Å²) in [5.74, 6) is 0.